The summed E-state index contributed by atoms with van der Waals surface area (Å²) in [6.07, 6.45) is 30.8. The highest BCUT2D eigenvalue weighted by Crippen LogP contribution is 2.42. The summed E-state index contributed by atoms with van der Waals surface area (Å²) in [6.45, 7) is 17.8. The molecule has 0 spiro atoms. The van der Waals surface area contributed by atoms with Crippen molar-refractivity contribution in [2.75, 3.05) is 11.5 Å². The molecule has 0 amide bonds. The Hall–Kier alpha value is -7.72. The Kier molecular flexibility index (Phi) is 22.7. The van der Waals surface area contributed by atoms with E-state index in [2.05, 4.69) is 175 Å². The molecule has 0 radical (unpaired) electrons. The first-order valence-corrected chi connectivity index (χ1v) is 32.9. The number of fused-ring (bicyclic) bond motifs is 8. The molecule has 3 aromatic heterocycles. The topological polar surface area (TPSA) is 146 Å². The summed E-state index contributed by atoms with van der Waals surface area (Å²) < 4.78 is 26.6. The van der Waals surface area contributed by atoms with E-state index in [0.717, 1.165) is 191 Å². The number of hydrogen-bond acceptors (Lipinski definition) is 8. The largest absolute Gasteiger partial charge is 0.490 e. The lowest BCUT2D eigenvalue weighted by molar-refractivity contribution is 0.182. The van der Waals surface area contributed by atoms with Gasteiger partial charge < -0.3 is 40.4 Å². The number of nitrogens with two attached hydrogens (primary N) is 2. The molecule has 9 rings (SSSR count). The minimum atomic E-state index is 0.0810. The number of nitrogen functional groups attached to an aromatic ring is 2. The van der Waals surface area contributed by atoms with Crippen molar-refractivity contribution < 1.29 is 18.9 Å². The van der Waals surface area contributed by atoms with Crippen LogP contribution in [0.3, 0.4) is 0 Å². The van der Waals surface area contributed by atoms with Gasteiger partial charge in [0.15, 0.2) is 0 Å². The zero-order chi connectivity index (χ0) is 60.4. The fourth-order valence-electron chi connectivity index (χ4n) is 12.1. The lowest BCUT2D eigenvalue weighted by Gasteiger charge is -2.19. The maximum atomic E-state index is 7.03. The van der Waals surface area contributed by atoms with Gasteiger partial charge in [-0.1, -0.05) is 143 Å². The monoisotopic (exact) mass is 1160 g/mol. The van der Waals surface area contributed by atoms with Crippen molar-refractivity contribution in [1.29, 1.82) is 0 Å². The van der Waals surface area contributed by atoms with Gasteiger partial charge in [0.25, 0.3) is 0 Å². The lowest BCUT2D eigenvalue weighted by atomic mass is 10.0. The van der Waals surface area contributed by atoms with Crippen molar-refractivity contribution in [3.8, 4) is 67.5 Å². The van der Waals surface area contributed by atoms with Gasteiger partial charge >= 0.3 is 0 Å². The van der Waals surface area contributed by atoms with Crippen molar-refractivity contribution in [1.82, 2.24) is 19.9 Å². The average molecular weight is 1160 g/mol. The summed E-state index contributed by atoms with van der Waals surface area (Å²) in [5.74, 6) is 3.11. The quantitative estimate of drug-likeness (QED) is 0.0241. The predicted molar refractivity (Wildman–Crippen MR) is 365 cm³/mol. The van der Waals surface area contributed by atoms with Crippen LogP contribution >= 0.6 is 0 Å². The first-order valence-electron chi connectivity index (χ1n) is 32.9. The molecule has 0 fully saturated rings. The smallest absolute Gasteiger partial charge is 0.142 e. The van der Waals surface area contributed by atoms with Gasteiger partial charge in [0.05, 0.1) is 58.6 Å². The molecule has 0 saturated heterocycles. The van der Waals surface area contributed by atoms with Crippen LogP contribution in [0.2, 0.25) is 0 Å². The molecule has 4 aromatic carbocycles. The number of unbranched alkanes of at least 4 members (excludes halogenated alkanes) is 8. The van der Waals surface area contributed by atoms with Crippen LogP contribution in [0, 0.1) is 0 Å². The SMILES string of the molecule is CCCCCC(CC)Oc1ccc(-c2c3nc(c(-c4ccc(OC(CC)CCCCC)cc4)c4ccc([nH]4)c(-c4ccc(OC(CC)CCCCC)c(N)c4)c4nc(c(-c5ccc(OC(CC)CCCCC)c(N)c5)c5ccc2[nH]5)C=C4)C=C3)cc1. The van der Waals surface area contributed by atoms with Crippen LogP contribution in [0.4, 0.5) is 11.4 Å². The molecule has 4 atom stereocenters. The molecule has 454 valence electrons. The molecule has 7 aromatic rings. The highest BCUT2D eigenvalue weighted by Gasteiger charge is 2.22. The van der Waals surface area contributed by atoms with Crippen LogP contribution in [0.1, 0.15) is 207 Å². The van der Waals surface area contributed by atoms with Crippen molar-refractivity contribution in [2.24, 2.45) is 0 Å². The normalized spacial score (nSPS) is 13.4. The molecule has 6 N–H and O–H groups in total. The fraction of sp³-hybridized carbons (Fsp3) is 0.421. The molecule has 5 heterocycles. The molecule has 2 aliphatic heterocycles. The number of aromatic amines is 2. The fourth-order valence-corrected chi connectivity index (χ4v) is 12.1. The predicted octanol–water partition coefficient (Wildman–Crippen LogP) is 21.4. The number of benzene rings is 4. The van der Waals surface area contributed by atoms with Gasteiger partial charge in [0.1, 0.15) is 23.0 Å². The Morgan fingerprint density at radius 1 is 0.337 bits per heavy atom. The summed E-state index contributed by atoms with van der Waals surface area (Å²) in [5, 5.41) is 0. The zero-order valence-electron chi connectivity index (χ0n) is 52.8. The van der Waals surface area contributed by atoms with Gasteiger partial charge in [0, 0.05) is 44.3 Å². The summed E-state index contributed by atoms with van der Waals surface area (Å²) in [4.78, 5) is 19.1. The Morgan fingerprint density at radius 3 is 0.895 bits per heavy atom. The molecule has 86 heavy (non-hydrogen) atoms. The van der Waals surface area contributed by atoms with Crippen LogP contribution in [0.5, 0.6) is 23.0 Å². The third-order valence-electron chi connectivity index (χ3n) is 17.2. The third-order valence-corrected chi connectivity index (χ3v) is 17.2. The molecule has 4 unspecified atom stereocenters. The third kappa shape index (κ3) is 15.6. The van der Waals surface area contributed by atoms with E-state index >= 15 is 0 Å². The van der Waals surface area contributed by atoms with E-state index < -0.39 is 0 Å². The van der Waals surface area contributed by atoms with E-state index in [-0.39, 0.29) is 24.4 Å². The first-order chi connectivity index (χ1) is 42.1. The average Bonchev–Trinajstić information content (AvgIpc) is 4.33. The van der Waals surface area contributed by atoms with E-state index in [9.17, 15) is 0 Å². The second-order valence-electron chi connectivity index (χ2n) is 23.6. The second-order valence-corrected chi connectivity index (χ2v) is 23.6. The number of nitrogens with zero attached hydrogens (tertiary/aromatic N) is 2. The molecule has 0 aliphatic carbocycles. The molecule has 0 saturated carbocycles. The van der Waals surface area contributed by atoms with E-state index in [4.69, 9.17) is 40.4 Å². The first kappa shape index (κ1) is 62.8. The van der Waals surface area contributed by atoms with E-state index in [1.165, 1.54) is 38.5 Å². The maximum absolute atomic E-state index is 7.03. The second kappa shape index (κ2) is 31.1. The van der Waals surface area contributed by atoms with Gasteiger partial charge in [-0.25, -0.2) is 9.97 Å². The van der Waals surface area contributed by atoms with Crippen LogP contribution in [-0.4, -0.2) is 44.4 Å². The van der Waals surface area contributed by atoms with E-state index in [1.54, 1.807) is 0 Å². The van der Waals surface area contributed by atoms with Crippen molar-refractivity contribution >= 4 is 57.7 Å². The number of H-pyrrole nitrogens is 2. The van der Waals surface area contributed by atoms with Crippen LogP contribution < -0.4 is 30.4 Å². The summed E-state index contributed by atoms with van der Waals surface area (Å²) in [7, 11) is 0. The zero-order valence-corrected chi connectivity index (χ0v) is 52.8. The molecule has 10 nitrogen and oxygen atoms in total. The van der Waals surface area contributed by atoms with Crippen LogP contribution in [0.25, 0.3) is 90.9 Å². The number of rotatable bonds is 32. The van der Waals surface area contributed by atoms with Crippen molar-refractivity contribution in [3.63, 3.8) is 0 Å². The number of anilines is 2. The minimum Gasteiger partial charge on any atom is -0.490 e. The number of ether oxygens (including phenoxy) is 4. The Balaban J connectivity index is 1.28. The molecular weight excluding hydrogens is 1060 g/mol. The molecule has 2 aliphatic rings. The summed E-state index contributed by atoms with van der Waals surface area (Å²) in [5.41, 5.74) is 29.5. The van der Waals surface area contributed by atoms with Gasteiger partial charge in [-0.3, -0.25) is 0 Å². The Labute approximate surface area is 513 Å². The minimum absolute atomic E-state index is 0.0810. The van der Waals surface area contributed by atoms with Crippen LogP contribution in [0.15, 0.2) is 109 Å². The summed E-state index contributed by atoms with van der Waals surface area (Å²) in [6, 6.07) is 38.1. The van der Waals surface area contributed by atoms with E-state index in [1.807, 2.05) is 24.3 Å². The number of nitrogens with one attached hydrogen (secondary N) is 2. The molecule has 8 bridgehead atoms. The number of aromatic nitrogens is 4. The van der Waals surface area contributed by atoms with Gasteiger partial charge in [0.2, 0.25) is 0 Å². The standard InChI is InChI=1S/C76H96N6O4/c1-9-17-21-25-55(13-5)83-59-35-29-51(30-36-59)73-63-39-40-64(79-63)74(52-31-37-60(38-32-52)84-56(14-6)26-22-18-10-2)66-42-44-68(81-66)76(54-34-48-72(62(78)50-54)86-58(16-8)28-24-20-12-4)70-46-45-69(82-70)75(67-43-41-65(73)80-67)53-33-47-71(61(77)49-53)85-57(15-7)27-23-19-11-3/h29-50,55-58,80-81H,9-28,77-78H2,1-8H3. The maximum Gasteiger partial charge on any atom is 0.142 e. The highest BCUT2D eigenvalue weighted by atomic mass is 16.5. The highest BCUT2D eigenvalue weighted by molar-refractivity contribution is 6.00. The van der Waals surface area contributed by atoms with Crippen molar-refractivity contribution in [2.45, 2.75) is 208 Å². The van der Waals surface area contributed by atoms with Gasteiger partial charge in [-0.15, -0.1) is 0 Å². The summed E-state index contributed by atoms with van der Waals surface area (Å²) >= 11 is 0. The van der Waals surface area contributed by atoms with Gasteiger partial charge in [-0.2, -0.15) is 0 Å². The lowest BCUT2D eigenvalue weighted by Crippen LogP contribution is -2.16. The molecule has 10 heteroatoms. The van der Waals surface area contributed by atoms with Gasteiger partial charge in [-0.05, 0) is 196 Å². The van der Waals surface area contributed by atoms with Crippen LogP contribution in [-0.2, 0) is 0 Å². The Bertz CT molecular complexity index is 3330. The van der Waals surface area contributed by atoms with Crippen molar-refractivity contribution in [3.05, 3.63) is 132 Å². The molecular formula is C76H96N6O4. The van der Waals surface area contributed by atoms with E-state index in [0.29, 0.717) is 22.9 Å². The Morgan fingerprint density at radius 2 is 0.616 bits per heavy atom. The number of hydrogen-bond donors (Lipinski definition) is 4.